The quantitative estimate of drug-likeness (QED) is 0.711. The minimum atomic E-state index is -3.66. The zero-order valence-corrected chi connectivity index (χ0v) is 15.3. The first-order valence-corrected chi connectivity index (χ1v) is 9.33. The zero-order valence-electron chi connectivity index (χ0n) is 14.5. The van der Waals surface area contributed by atoms with Crippen LogP contribution in [0.15, 0.2) is 53.4 Å². The third-order valence-corrected chi connectivity index (χ3v) is 5.01. The Balaban J connectivity index is 1.89. The van der Waals surface area contributed by atoms with Crippen LogP contribution in [0.25, 0.3) is 0 Å². The van der Waals surface area contributed by atoms with Crippen molar-refractivity contribution in [2.45, 2.75) is 18.4 Å². The molecule has 0 bridgehead atoms. The first-order chi connectivity index (χ1) is 12.3. The van der Waals surface area contributed by atoms with Crippen molar-refractivity contribution >= 4 is 21.9 Å². The Morgan fingerprint density at radius 1 is 1.08 bits per heavy atom. The Hall–Kier alpha value is -2.71. The summed E-state index contributed by atoms with van der Waals surface area (Å²) in [7, 11) is -2.39. The second kappa shape index (κ2) is 8.59. The van der Waals surface area contributed by atoms with Crippen LogP contribution in [0.5, 0.6) is 0 Å². The fraction of sp³-hybridized carbons (Fsp3) is 0.222. The second-order valence-electron chi connectivity index (χ2n) is 5.57. The predicted molar refractivity (Wildman–Crippen MR) is 96.0 cm³/mol. The molecule has 0 spiro atoms. The molecule has 1 amide bonds. The molecule has 0 heterocycles. The summed E-state index contributed by atoms with van der Waals surface area (Å²) < 4.78 is 30.6. The molecule has 0 aliphatic carbocycles. The minimum Gasteiger partial charge on any atom is -0.452 e. The third-order valence-electron chi connectivity index (χ3n) is 3.59. The van der Waals surface area contributed by atoms with Gasteiger partial charge in [-0.25, -0.2) is 17.9 Å². The van der Waals surface area contributed by atoms with Gasteiger partial charge in [-0.2, -0.15) is 0 Å². The molecule has 2 aromatic rings. The molecule has 138 valence electrons. The molecule has 0 unspecified atom stereocenters. The maximum atomic E-state index is 12.0. The molecule has 0 aliphatic heterocycles. The number of carbonyl (C=O) groups is 2. The van der Waals surface area contributed by atoms with Crippen LogP contribution in [0.2, 0.25) is 0 Å². The van der Waals surface area contributed by atoms with Crippen LogP contribution in [0, 0.1) is 6.92 Å². The Bertz CT molecular complexity index is 892. The van der Waals surface area contributed by atoms with Crippen LogP contribution in [0.1, 0.15) is 21.5 Å². The normalized spacial score (nSPS) is 11.0. The summed E-state index contributed by atoms with van der Waals surface area (Å²) in [4.78, 5) is 23.8. The van der Waals surface area contributed by atoms with E-state index >= 15 is 0 Å². The van der Waals surface area contributed by atoms with Crippen molar-refractivity contribution in [3.8, 4) is 0 Å². The topological polar surface area (TPSA) is 102 Å². The third kappa shape index (κ3) is 5.40. The molecule has 0 saturated heterocycles. The lowest BCUT2D eigenvalue weighted by Crippen LogP contribution is -2.28. The number of sulfonamides is 1. The van der Waals surface area contributed by atoms with Gasteiger partial charge in [0, 0.05) is 6.54 Å². The highest BCUT2D eigenvalue weighted by molar-refractivity contribution is 7.89. The van der Waals surface area contributed by atoms with Crippen molar-refractivity contribution in [1.82, 2.24) is 10.0 Å². The monoisotopic (exact) mass is 376 g/mol. The first kappa shape index (κ1) is 19.6. The van der Waals surface area contributed by atoms with Gasteiger partial charge in [0.05, 0.1) is 10.5 Å². The molecular weight excluding hydrogens is 356 g/mol. The van der Waals surface area contributed by atoms with Gasteiger partial charge in [0.25, 0.3) is 5.91 Å². The van der Waals surface area contributed by atoms with Crippen molar-refractivity contribution in [3.63, 3.8) is 0 Å². The summed E-state index contributed by atoms with van der Waals surface area (Å²) in [6.07, 6.45) is 0. The van der Waals surface area contributed by atoms with Gasteiger partial charge in [0.15, 0.2) is 6.61 Å². The van der Waals surface area contributed by atoms with Crippen molar-refractivity contribution < 1.29 is 22.7 Å². The number of benzene rings is 2. The van der Waals surface area contributed by atoms with Gasteiger partial charge < -0.3 is 10.1 Å². The van der Waals surface area contributed by atoms with Crippen LogP contribution in [0.4, 0.5) is 0 Å². The molecular formula is C18H20N2O5S. The van der Waals surface area contributed by atoms with Gasteiger partial charge in [0.1, 0.15) is 0 Å². The number of nitrogens with one attached hydrogen (secondary N) is 2. The minimum absolute atomic E-state index is 0.0488. The molecule has 0 aliphatic rings. The van der Waals surface area contributed by atoms with E-state index < -0.39 is 28.5 Å². The van der Waals surface area contributed by atoms with Crippen LogP contribution < -0.4 is 10.0 Å². The summed E-state index contributed by atoms with van der Waals surface area (Å²) in [6, 6.07) is 13.1. The van der Waals surface area contributed by atoms with E-state index in [1.807, 2.05) is 31.2 Å². The van der Waals surface area contributed by atoms with Gasteiger partial charge in [-0.3, -0.25) is 4.79 Å². The molecule has 0 radical (unpaired) electrons. The van der Waals surface area contributed by atoms with Gasteiger partial charge in [-0.15, -0.1) is 0 Å². The predicted octanol–water partition coefficient (Wildman–Crippen LogP) is 1.38. The Morgan fingerprint density at radius 2 is 1.77 bits per heavy atom. The van der Waals surface area contributed by atoms with Crippen LogP contribution in [0.3, 0.4) is 0 Å². The Morgan fingerprint density at radius 3 is 2.42 bits per heavy atom. The summed E-state index contributed by atoms with van der Waals surface area (Å²) in [5.41, 5.74) is 2.10. The number of rotatable bonds is 7. The van der Waals surface area contributed by atoms with E-state index in [2.05, 4.69) is 10.0 Å². The first-order valence-electron chi connectivity index (χ1n) is 7.85. The summed E-state index contributed by atoms with van der Waals surface area (Å²) in [6.45, 7) is 1.85. The van der Waals surface area contributed by atoms with Crippen molar-refractivity contribution in [2.75, 3.05) is 13.7 Å². The molecule has 0 atom stereocenters. The average molecular weight is 376 g/mol. The van der Waals surface area contributed by atoms with E-state index in [-0.39, 0.29) is 10.5 Å². The van der Waals surface area contributed by atoms with Gasteiger partial charge >= 0.3 is 5.97 Å². The molecule has 2 rings (SSSR count). The van der Waals surface area contributed by atoms with Crippen LogP contribution >= 0.6 is 0 Å². The number of ether oxygens (including phenoxy) is 1. The summed E-state index contributed by atoms with van der Waals surface area (Å²) in [5.74, 6) is -1.22. The smallest absolute Gasteiger partial charge is 0.338 e. The van der Waals surface area contributed by atoms with E-state index in [0.717, 1.165) is 11.1 Å². The molecule has 0 aromatic heterocycles. The molecule has 0 saturated carbocycles. The highest BCUT2D eigenvalue weighted by Gasteiger charge is 2.15. The van der Waals surface area contributed by atoms with E-state index in [9.17, 15) is 18.0 Å². The van der Waals surface area contributed by atoms with E-state index in [4.69, 9.17) is 4.74 Å². The second-order valence-corrected chi connectivity index (χ2v) is 7.46. The van der Waals surface area contributed by atoms with Crippen molar-refractivity contribution in [3.05, 3.63) is 65.2 Å². The number of aryl methyl sites for hydroxylation is 1. The summed E-state index contributed by atoms with van der Waals surface area (Å²) in [5, 5.41) is 2.65. The maximum Gasteiger partial charge on any atom is 0.338 e. The SMILES string of the molecule is CNS(=O)(=O)c1cccc(C(=O)OCC(=O)NCc2ccc(C)cc2)c1. The van der Waals surface area contributed by atoms with Crippen LogP contribution in [-0.4, -0.2) is 33.9 Å². The number of hydrogen-bond acceptors (Lipinski definition) is 5. The van der Waals surface area contributed by atoms with E-state index in [1.54, 1.807) is 0 Å². The van der Waals surface area contributed by atoms with Crippen LogP contribution in [-0.2, 0) is 26.1 Å². The van der Waals surface area contributed by atoms with Gasteiger partial charge in [0.2, 0.25) is 10.0 Å². The maximum absolute atomic E-state index is 12.0. The summed E-state index contributed by atoms with van der Waals surface area (Å²) >= 11 is 0. The molecule has 2 N–H and O–H groups in total. The molecule has 7 nitrogen and oxygen atoms in total. The van der Waals surface area contributed by atoms with E-state index in [0.29, 0.717) is 6.54 Å². The molecule has 8 heteroatoms. The number of carbonyl (C=O) groups excluding carboxylic acids is 2. The number of amides is 1. The molecule has 2 aromatic carbocycles. The molecule has 0 fully saturated rings. The van der Waals surface area contributed by atoms with Crippen molar-refractivity contribution in [2.24, 2.45) is 0 Å². The lowest BCUT2D eigenvalue weighted by molar-refractivity contribution is -0.124. The molecule has 26 heavy (non-hydrogen) atoms. The average Bonchev–Trinajstić information content (AvgIpc) is 2.65. The standard InChI is InChI=1S/C18H20N2O5S/c1-13-6-8-14(9-7-13)11-20-17(21)12-25-18(22)15-4-3-5-16(10-15)26(23,24)19-2/h3-10,19H,11-12H2,1-2H3,(H,20,21). The Kier molecular flexibility index (Phi) is 6.48. The highest BCUT2D eigenvalue weighted by Crippen LogP contribution is 2.12. The lowest BCUT2D eigenvalue weighted by atomic mass is 10.1. The lowest BCUT2D eigenvalue weighted by Gasteiger charge is -2.08. The largest absolute Gasteiger partial charge is 0.452 e. The van der Waals surface area contributed by atoms with E-state index in [1.165, 1.54) is 31.3 Å². The van der Waals surface area contributed by atoms with Gasteiger partial charge in [-0.1, -0.05) is 35.9 Å². The van der Waals surface area contributed by atoms with Crippen molar-refractivity contribution in [1.29, 1.82) is 0 Å². The number of hydrogen-bond donors (Lipinski definition) is 2. The number of esters is 1. The fourth-order valence-corrected chi connectivity index (χ4v) is 2.86. The Labute approximate surface area is 152 Å². The van der Waals surface area contributed by atoms with Gasteiger partial charge in [-0.05, 0) is 37.7 Å². The zero-order chi connectivity index (χ0) is 19.2. The highest BCUT2D eigenvalue weighted by atomic mass is 32.2. The fourth-order valence-electron chi connectivity index (χ4n) is 2.08.